The van der Waals surface area contributed by atoms with Crippen LogP contribution in [0.3, 0.4) is 0 Å². The van der Waals surface area contributed by atoms with Gasteiger partial charge in [-0.25, -0.2) is 4.79 Å². The second-order valence-electron chi connectivity index (χ2n) is 8.69. The quantitative estimate of drug-likeness (QED) is 0.424. The number of benzene rings is 2. The zero-order chi connectivity index (χ0) is 24.7. The molecular weight excluding hydrogens is 446 g/mol. The molecule has 0 unspecified atom stereocenters. The van der Waals surface area contributed by atoms with Crippen LogP contribution in [0.4, 0.5) is 4.79 Å². The zero-order valence-corrected chi connectivity index (χ0v) is 20.5. The number of nitrogens with zero attached hydrogens (tertiary/aromatic N) is 1. The monoisotopic (exact) mass is 483 g/mol. The van der Waals surface area contributed by atoms with Gasteiger partial charge >= 0.3 is 6.09 Å². The molecule has 0 bridgehead atoms. The van der Waals surface area contributed by atoms with Gasteiger partial charge in [0, 0.05) is 45.3 Å². The lowest BCUT2D eigenvalue weighted by atomic mass is 10.1. The van der Waals surface area contributed by atoms with Gasteiger partial charge in [0.25, 0.3) is 0 Å². The molecule has 35 heavy (non-hydrogen) atoms. The van der Waals surface area contributed by atoms with Gasteiger partial charge in [-0.3, -0.25) is 9.69 Å². The fraction of sp³-hybridized carbons (Fsp3) is 0.481. The summed E-state index contributed by atoms with van der Waals surface area (Å²) in [6.07, 6.45) is 2.52. The van der Waals surface area contributed by atoms with Gasteiger partial charge in [0.05, 0.1) is 0 Å². The van der Waals surface area contributed by atoms with Crippen LogP contribution in [0.15, 0.2) is 54.6 Å². The number of hydrogen-bond donors (Lipinski definition) is 2. The van der Waals surface area contributed by atoms with Gasteiger partial charge in [0.1, 0.15) is 19.0 Å². The van der Waals surface area contributed by atoms with Crippen molar-refractivity contribution in [1.82, 2.24) is 15.5 Å². The van der Waals surface area contributed by atoms with Crippen molar-refractivity contribution in [3.8, 4) is 5.75 Å². The highest BCUT2D eigenvalue weighted by atomic mass is 16.5. The molecule has 190 valence electrons. The second kappa shape index (κ2) is 15.0. The van der Waals surface area contributed by atoms with E-state index in [0.717, 1.165) is 49.5 Å². The Kier molecular flexibility index (Phi) is 11.4. The van der Waals surface area contributed by atoms with Crippen LogP contribution in [0.1, 0.15) is 36.8 Å². The molecule has 0 spiro atoms. The van der Waals surface area contributed by atoms with Crippen molar-refractivity contribution < 1.29 is 23.8 Å². The van der Waals surface area contributed by atoms with Crippen molar-refractivity contribution in [1.29, 1.82) is 0 Å². The third-order valence-corrected chi connectivity index (χ3v) is 5.98. The summed E-state index contributed by atoms with van der Waals surface area (Å²) in [7, 11) is 2.13. The minimum absolute atomic E-state index is 0.0612. The molecule has 0 atom stereocenters. The molecule has 8 heteroatoms. The summed E-state index contributed by atoms with van der Waals surface area (Å²) in [4.78, 5) is 26.2. The van der Waals surface area contributed by atoms with Crippen molar-refractivity contribution >= 4 is 12.0 Å². The summed E-state index contributed by atoms with van der Waals surface area (Å²) in [5.74, 6) is 0.740. The lowest BCUT2D eigenvalue weighted by Crippen LogP contribution is -2.38. The van der Waals surface area contributed by atoms with E-state index in [-0.39, 0.29) is 12.5 Å². The van der Waals surface area contributed by atoms with Gasteiger partial charge in [-0.2, -0.15) is 0 Å². The van der Waals surface area contributed by atoms with E-state index in [9.17, 15) is 9.59 Å². The van der Waals surface area contributed by atoms with Gasteiger partial charge in [-0.1, -0.05) is 42.5 Å². The maximum Gasteiger partial charge on any atom is 0.407 e. The van der Waals surface area contributed by atoms with Crippen LogP contribution in [0, 0.1) is 0 Å². The minimum Gasteiger partial charge on any atom is -0.492 e. The molecule has 0 aromatic heterocycles. The Balaban J connectivity index is 1.25. The SMILES string of the molecule is CN(CCOc1cccc(CNC(=O)CCCNC(=O)OCc2ccccc2)c1)C1CCOCC1. The first-order chi connectivity index (χ1) is 17.1. The molecule has 2 aromatic carbocycles. The summed E-state index contributed by atoms with van der Waals surface area (Å²) in [5, 5.41) is 5.59. The standard InChI is InChI=1S/C27H37N3O5/c1-30(24-12-16-33-17-13-24)15-18-34-25-10-5-9-23(19-25)20-29-26(31)11-6-14-28-27(32)35-21-22-7-3-2-4-8-22/h2-5,7-10,19,24H,6,11-18,20-21H2,1H3,(H,28,32)(H,29,31). The highest BCUT2D eigenvalue weighted by Crippen LogP contribution is 2.15. The molecule has 2 aromatic rings. The van der Waals surface area contributed by atoms with Crippen LogP contribution in [-0.4, -0.2) is 62.9 Å². The van der Waals surface area contributed by atoms with E-state index in [1.165, 1.54) is 0 Å². The Morgan fingerprint density at radius 2 is 1.80 bits per heavy atom. The van der Waals surface area contributed by atoms with Crippen molar-refractivity contribution in [2.45, 2.75) is 44.9 Å². The van der Waals surface area contributed by atoms with Crippen LogP contribution in [0.5, 0.6) is 5.75 Å². The Morgan fingerprint density at radius 1 is 1.03 bits per heavy atom. The summed E-state index contributed by atoms with van der Waals surface area (Å²) in [6, 6.07) is 17.8. The molecule has 8 nitrogen and oxygen atoms in total. The highest BCUT2D eigenvalue weighted by Gasteiger charge is 2.18. The topological polar surface area (TPSA) is 89.1 Å². The molecule has 0 aliphatic carbocycles. The molecule has 1 saturated heterocycles. The molecule has 0 saturated carbocycles. The molecule has 3 rings (SSSR count). The van der Waals surface area contributed by atoms with E-state index in [0.29, 0.717) is 38.6 Å². The molecule has 1 aliphatic heterocycles. The molecule has 1 heterocycles. The van der Waals surface area contributed by atoms with Crippen LogP contribution in [0.2, 0.25) is 0 Å². The lowest BCUT2D eigenvalue weighted by Gasteiger charge is -2.31. The first-order valence-corrected chi connectivity index (χ1v) is 12.3. The molecule has 1 aliphatic rings. The van der Waals surface area contributed by atoms with Gasteiger partial charge in [0.15, 0.2) is 0 Å². The largest absolute Gasteiger partial charge is 0.492 e. The Morgan fingerprint density at radius 3 is 2.60 bits per heavy atom. The predicted octanol–water partition coefficient (Wildman–Crippen LogP) is 3.50. The number of alkyl carbamates (subject to hydrolysis) is 1. The fourth-order valence-electron chi connectivity index (χ4n) is 3.86. The van der Waals surface area contributed by atoms with Gasteiger partial charge in [0.2, 0.25) is 5.91 Å². The summed E-state index contributed by atoms with van der Waals surface area (Å²) >= 11 is 0. The number of ether oxygens (including phenoxy) is 3. The molecule has 1 fully saturated rings. The van der Waals surface area contributed by atoms with Crippen molar-refractivity contribution in [3.05, 3.63) is 65.7 Å². The Bertz CT molecular complexity index is 903. The van der Waals surface area contributed by atoms with E-state index in [4.69, 9.17) is 14.2 Å². The van der Waals surface area contributed by atoms with E-state index in [1.54, 1.807) is 0 Å². The van der Waals surface area contributed by atoms with Gasteiger partial charge < -0.3 is 24.8 Å². The maximum atomic E-state index is 12.2. The number of likely N-dealkylation sites (N-methyl/N-ethyl adjacent to an activating group) is 1. The van der Waals surface area contributed by atoms with Gasteiger partial charge in [-0.05, 0) is 49.6 Å². The zero-order valence-electron chi connectivity index (χ0n) is 20.5. The van der Waals surface area contributed by atoms with E-state index < -0.39 is 6.09 Å². The number of rotatable bonds is 13. The van der Waals surface area contributed by atoms with E-state index in [2.05, 4.69) is 22.6 Å². The van der Waals surface area contributed by atoms with Crippen molar-refractivity contribution in [3.63, 3.8) is 0 Å². The maximum absolute atomic E-state index is 12.2. The fourth-order valence-corrected chi connectivity index (χ4v) is 3.86. The summed E-state index contributed by atoms with van der Waals surface area (Å²) in [5.41, 5.74) is 1.91. The number of nitrogens with one attached hydrogen (secondary N) is 2. The average molecular weight is 484 g/mol. The first kappa shape index (κ1) is 26.5. The molecular formula is C27H37N3O5. The highest BCUT2D eigenvalue weighted by molar-refractivity contribution is 5.76. The van der Waals surface area contributed by atoms with E-state index >= 15 is 0 Å². The predicted molar refractivity (Wildman–Crippen MR) is 134 cm³/mol. The van der Waals surface area contributed by atoms with Gasteiger partial charge in [-0.15, -0.1) is 0 Å². The van der Waals surface area contributed by atoms with E-state index in [1.807, 2.05) is 54.6 Å². The minimum atomic E-state index is -0.481. The summed E-state index contributed by atoms with van der Waals surface area (Å²) in [6.45, 7) is 4.19. The average Bonchev–Trinajstić information content (AvgIpc) is 2.90. The third-order valence-electron chi connectivity index (χ3n) is 5.98. The lowest BCUT2D eigenvalue weighted by molar-refractivity contribution is -0.121. The van der Waals surface area contributed by atoms with Crippen LogP contribution in [0.25, 0.3) is 0 Å². The summed E-state index contributed by atoms with van der Waals surface area (Å²) < 4.78 is 16.5. The smallest absolute Gasteiger partial charge is 0.407 e. The molecule has 2 amide bonds. The number of carbonyl (C=O) groups is 2. The normalized spacial score (nSPS) is 13.9. The van der Waals surface area contributed by atoms with Crippen LogP contribution in [-0.2, 0) is 27.4 Å². The molecule has 0 radical (unpaired) electrons. The Hall–Kier alpha value is -3.10. The second-order valence-corrected chi connectivity index (χ2v) is 8.69. The first-order valence-electron chi connectivity index (χ1n) is 12.3. The number of amides is 2. The molecule has 2 N–H and O–H groups in total. The Labute approximate surface area is 207 Å². The van der Waals surface area contributed by atoms with Crippen LogP contribution < -0.4 is 15.4 Å². The van der Waals surface area contributed by atoms with Crippen molar-refractivity contribution in [2.75, 3.05) is 40.0 Å². The van der Waals surface area contributed by atoms with Crippen molar-refractivity contribution in [2.24, 2.45) is 0 Å². The number of carbonyl (C=O) groups excluding carboxylic acids is 2. The third kappa shape index (κ3) is 10.4. The van der Waals surface area contributed by atoms with Crippen LogP contribution >= 0.6 is 0 Å². The number of hydrogen-bond acceptors (Lipinski definition) is 6.